The summed E-state index contributed by atoms with van der Waals surface area (Å²) in [6.45, 7) is 2.76. The molecule has 0 unspecified atom stereocenters. The van der Waals surface area contributed by atoms with Crippen molar-refractivity contribution in [2.24, 2.45) is 0 Å². The van der Waals surface area contributed by atoms with Gasteiger partial charge in [0.05, 0.1) is 6.61 Å². The Kier molecular flexibility index (Phi) is 7.20. The lowest BCUT2D eigenvalue weighted by atomic mass is 10.4. The molecule has 7 heteroatoms. The molecule has 0 atom stereocenters. The molecule has 0 aliphatic heterocycles. The summed E-state index contributed by atoms with van der Waals surface area (Å²) in [6.07, 6.45) is 2.72. The molecule has 0 bridgehead atoms. The summed E-state index contributed by atoms with van der Waals surface area (Å²) >= 11 is 4.88. The standard InChI is InChI=1S/C12H15BrN2O3S/c1-2-18-12(17)15-6-5-14-11(16)4-3-10-7-9(13)8-19-10/h3-4,7-8H,2,5-6H2,1H3,(H,14,16)(H,15,17)/b4-3+. The van der Waals surface area contributed by atoms with Crippen molar-refractivity contribution in [3.05, 3.63) is 26.9 Å². The van der Waals surface area contributed by atoms with E-state index in [2.05, 4.69) is 31.3 Å². The van der Waals surface area contributed by atoms with Crippen molar-refractivity contribution in [2.75, 3.05) is 19.7 Å². The summed E-state index contributed by atoms with van der Waals surface area (Å²) in [5.41, 5.74) is 0. The zero-order chi connectivity index (χ0) is 14.1. The van der Waals surface area contributed by atoms with Crippen molar-refractivity contribution in [1.29, 1.82) is 0 Å². The minimum Gasteiger partial charge on any atom is -0.450 e. The second-order valence-corrected chi connectivity index (χ2v) is 5.30. The number of rotatable bonds is 6. The molecule has 0 radical (unpaired) electrons. The Balaban J connectivity index is 2.18. The number of alkyl carbamates (subject to hydrolysis) is 1. The smallest absolute Gasteiger partial charge is 0.407 e. The second kappa shape index (κ2) is 8.71. The molecule has 1 rings (SSSR count). The zero-order valence-corrected chi connectivity index (χ0v) is 12.8. The zero-order valence-electron chi connectivity index (χ0n) is 10.4. The van der Waals surface area contributed by atoms with Crippen molar-refractivity contribution in [3.63, 3.8) is 0 Å². The highest BCUT2D eigenvalue weighted by molar-refractivity contribution is 9.10. The normalized spacial score (nSPS) is 10.4. The summed E-state index contributed by atoms with van der Waals surface area (Å²) in [7, 11) is 0. The van der Waals surface area contributed by atoms with Crippen molar-refractivity contribution >= 4 is 45.3 Å². The largest absolute Gasteiger partial charge is 0.450 e. The third-order valence-corrected chi connectivity index (χ3v) is 3.61. The Morgan fingerprint density at radius 2 is 2.16 bits per heavy atom. The maximum absolute atomic E-state index is 11.4. The van der Waals surface area contributed by atoms with Crippen LogP contribution in [-0.2, 0) is 9.53 Å². The van der Waals surface area contributed by atoms with Gasteiger partial charge in [0.1, 0.15) is 0 Å². The van der Waals surface area contributed by atoms with Crippen LogP contribution in [0.4, 0.5) is 4.79 Å². The molecular weight excluding hydrogens is 332 g/mol. The van der Waals surface area contributed by atoms with Gasteiger partial charge in [-0.15, -0.1) is 11.3 Å². The average Bonchev–Trinajstić information content (AvgIpc) is 2.78. The Bertz CT molecular complexity index is 460. The van der Waals surface area contributed by atoms with Gasteiger partial charge in [-0.1, -0.05) is 0 Å². The van der Waals surface area contributed by atoms with Crippen LogP contribution in [0.15, 0.2) is 22.0 Å². The van der Waals surface area contributed by atoms with E-state index in [9.17, 15) is 9.59 Å². The second-order valence-electron chi connectivity index (χ2n) is 3.44. The highest BCUT2D eigenvalue weighted by atomic mass is 79.9. The van der Waals surface area contributed by atoms with Crippen molar-refractivity contribution in [3.8, 4) is 0 Å². The molecule has 1 aromatic heterocycles. The Morgan fingerprint density at radius 3 is 2.79 bits per heavy atom. The first-order valence-corrected chi connectivity index (χ1v) is 7.39. The van der Waals surface area contributed by atoms with Gasteiger partial charge < -0.3 is 15.4 Å². The number of amides is 2. The fourth-order valence-electron chi connectivity index (χ4n) is 1.16. The van der Waals surface area contributed by atoms with Crippen molar-refractivity contribution < 1.29 is 14.3 Å². The van der Waals surface area contributed by atoms with Gasteiger partial charge in [-0.3, -0.25) is 4.79 Å². The van der Waals surface area contributed by atoms with E-state index in [0.29, 0.717) is 19.7 Å². The highest BCUT2D eigenvalue weighted by Gasteiger charge is 2.00. The minimum absolute atomic E-state index is 0.199. The SMILES string of the molecule is CCOC(=O)NCCNC(=O)/C=C/c1cc(Br)cs1. The van der Waals surface area contributed by atoms with E-state index >= 15 is 0 Å². The van der Waals surface area contributed by atoms with Crippen LogP contribution in [0.3, 0.4) is 0 Å². The van der Waals surface area contributed by atoms with Gasteiger partial charge in [-0.05, 0) is 35.0 Å². The molecule has 5 nitrogen and oxygen atoms in total. The molecule has 0 saturated carbocycles. The van der Waals surface area contributed by atoms with Crippen LogP contribution >= 0.6 is 27.3 Å². The number of ether oxygens (including phenoxy) is 1. The molecule has 2 N–H and O–H groups in total. The predicted octanol–water partition coefficient (Wildman–Crippen LogP) is 2.39. The van der Waals surface area contributed by atoms with Crippen LogP contribution in [0, 0.1) is 0 Å². The van der Waals surface area contributed by atoms with E-state index in [1.807, 2.05) is 11.4 Å². The Labute approximate surface area is 124 Å². The van der Waals surface area contributed by atoms with Crippen molar-refractivity contribution in [1.82, 2.24) is 10.6 Å². The predicted molar refractivity (Wildman–Crippen MR) is 79.1 cm³/mol. The highest BCUT2D eigenvalue weighted by Crippen LogP contribution is 2.20. The van der Waals surface area contributed by atoms with E-state index < -0.39 is 6.09 Å². The summed E-state index contributed by atoms with van der Waals surface area (Å²) in [5.74, 6) is -0.199. The maximum Gasteiger partial charge on any atom is 0.407 e. The van der Waals surface area contributed by atoms with E-state index in [-0.39, 0.29) is 5.91 Å². The lowest BCUT2D eigenvalue weighted by molar-refractivity contribution is -0.116. The van der Waals surface area contributed by atoms with E-state index in [1.165, 1.54) is 6.08 Å². The lowest BCUT2D eigenvalue weighted by Crippen LogP contribution is -2.34. The molecule has 0 saturated heterocycles. The van der Waals surface area contributed by atoms with Gasteiger partial charge >= 0.3 is 6.09 Å². The molecule has 0 spiro atoms. The van der Waals surface area contributed by atoms with Gasteiger partial charge in [0.15, 0.2) is 0 Å². The number of carbonyl (C=O) groups excluding carboxylic acids is 2. The van der Waals surface area contributed by atoms with Gasteiger partial charge in [-0.2, -0.15) is 0 Å². The van der Waals surface area contributed by atoms with E-state index in [0.717, 1.165) is 9.35 Å². The van der Waals surface area contributed by atoms with Crippen LogP contribution in [0.2, 0.25) is 0 Å². The molecule has 19 heavy (non-hydrogen) atoms. The quantitative estimate of drug-likeness (QED) is 0.613. The molecule has 0 aromatic carbocycles. The number of thiophene rings is 1. The van der Waals surface area contributed by atoms with Crippen LogP contribution in [0.25, 0.3) is 6.08 Å². The number of hydrogen-bond acceptors (Lipinski definition) is 4. The topological polar surface area (TPSA) is 67.4 Å². The molecule has 0 aliphatic carbocycles. The fourth-order valence-corrected chi connectivity index (χ4v) is 2.50. The first-order chi connectivity index (χ1) is 9.11. The number of halogens is 1. The van der Waals surface area contributed by atoms with Gasteiger partial charge in [-0.25, -0.2) is 4.79 Å². The maximum atomic E-state index is 11.4. The molecule has 1 aromatic rings. The van der Waals surface area contributed by atoms with Crippen LogP contribution in [-0.4, -0.2) is 31.7 Å². The molecule has 1 heterocycles. The number of hydrogen-bond donors (Lipinski definition) is 2. The Morgan fingerprint density at radius 1 is 1.42 bits per heavy atom. The average molecular weight is 347 g/mol. The van der Waals surface area contributed by atoms with Crippen LogP contribution in [0.5, 0.6) is 0 Å². The summed E-state index contributed by atoms with van der Waals surface area (Å²) in [4.78, 5) is 23.4. The molecule has 104 valence electrons. The number of carbonyl (C=O) groups is 2. The monoisotopic (exact) mass is 346 g/mol. The molecule has 0 aliphatic rings. The van der Waals surface area contributed by atoms with Gasteiger partial charge in [0.25, 0.3) is 0 Å². The lowest BCUT2D eigenvalue weighted by Gasteiger charge is -2.05. The van der Waals surface area contributed by atoms with Crippen LogP contribution in [0.1, 0.15) is 11.8 Å². The van der Waals surface area contributed by atoms with Crippen molar-refractivity contribution in [2.45, 2.75) is 6.92 Å². The summed E-state index contributed by atoms with van der Waals surface area (Å²) in [5, 5.41) is 7.11. The van der Waals surface area contributed by atoms with E-state index in [1.54, 1.807) is 24.3 Å². The molecular formula is C12H15BrN2O3S. The first kappa shape index (κ1) is 15.7. The summed E-state index contributed by atoms with van der Waals surface area (Å²) in [6, 6.07) is 1.93. The van der Waals surface area contributed by atoms with E-state index in [4.69, 9.17) is 0 Å². The fraction of sp³-hybridized carbons (Fsp3) is 0.333. The van der Waals surface area contributed by atoms with Crippen LogP contribution < -0.4 is 10.6 Å². The molecule has 2 amide bonds. The summed E-state index contributed by atoms with van der Waals surface area (Å²) < 4.78 is 5.67. The minimum atomic E-state index is -0.476. The van der Waals surface area contributed by atoms with Gasteiger partial charge in [0, 0.05) is 33.9 Å². The third kappa shape index (κ3) is 6.97. The molecule has 0 fully saturated rings. The third-order valence-electron chi connectivity index (χ3n) is 1.96. The number of nitrogens with one attached hydrogen (secondary N) is 2. The first-order valence-electron chi connectivity index (χ1n) is 5.72. The van der Waals surface area contributed by atoms with Gasteiger partial charge in [0.2, 0.25) is 5.91 Å². The Hall–Kier alpha value is -1.34.